The first-order valence-corrected chi connectivity index (χ1v) is 11.5. The average molecular weight is 492 g/mol. The molecule has 35 heavy (non-hydrogen) atoms. The Kier molecular flexibility index (Phi) is 6.34. The number of Topliss-reactive ketones (excluding diaryl/α,β-unsaturated/α-hetero) is 1. The van der Waals surface area contributed by atoms with Crippen LogP contribution in [0.25, 0.3) is 5.76 Å². The number of aromatic hydroxyl groups is 1. The topological polar surface area (TPSA) is 87.1 Å². The summed E-state index contributed by atoms with van der Waals surface area (Å²) in [7, 11) is 1.57. The predicted octanol–water partition coefficient (Wildman–Crippen LogP) is 5.98. The number of para-hydroxylation sites is 1. The van der Waals surface area contributed by atoms with Gasteiger partial charge in [0.2, 0.25) is 0 Å². The molecular weight excluding hydrogens is 466 g/mol. The lowest BCUT2D eigenvalue weighted by molar-refractivity contribution is -0.132. The first-order valence-electron chi connectivity index (χ1n) is 11.1. The number of phenols is 1. The van der Waals surface area contributed by atoms with Gasteiger partial charge in [-0.15, -0.1) is 0 Å². The molecule has 4 rings (SSSR count). The third-order valence-electron chi connectivity index (χ3n) is 6.05. The highest BCUT2D eigenvalue weighted by atomic mass is 35.5. The molecule has 0 aliphatic carbocycles. The van der Waals surface area contributed by atoms with Gasteiger partial charge in [0.1, 0.15) is 17.3 Å². The molecule has 1 aliphatic heterocycles. The number of nitrogens with zero attached hydrogens (tertiary/aromatic N) is 1. The van der Waals surface area contributed by atoms with Crippen molar-refractivity contribution < 1.29 is 24.5 Å². The number of carbonyl (C=O) groups excluding carboxylic acids is 2. The summed E-state index contributed by atoms with van der Waals surface area (Å²) in [5.74, 6) is -1.35. The Hall–Kier alpha value is -3.77. The second-order valence-electron chi connectivity index (χ2n) is 9.38. The van der Waals surface area contributed by atoms with Crippen LogP contribution in [-0.2, 0) is 15.0 Å². The molecule has 0 saturated carbocycles. The molecule has 1 heterocycles. The number of carbonyl (C=O) groups is 2. The van der Waals surface area contributed by atoms with Crippen LogP contribution in [0, 0.1) is 0 Å². The molecule has 3 aromatic carbocycles. The first kappa shape index (κ1) is 24.4. The number of benzene rings is 3. The molecule has 6 nitrogen and oxygen atoms in total. The number of halogens is 1. The molecular formula is C28H26ClNO5. The smallest absolute Gasteiger partial charge is 0.300 e. The summed E-state index contributed by atoms with van der Waals surface area (Å²) in [6.45, 7) is 6.05. The van der Waals surface area contributed by atoms with Crippen LogP contribution in [-0.4, -0.2) is 29.0 Å². The number of rotatable bonds is 4. The zero-order valence-corrected chi connectivity index (χ0v) is 20.6. The zero-order valence-electron chi connectivity index (χ0n) is 19.9. The van der Waals surface area contributed by atoms with Crippen molar-refractivity contribution >= 4 is 34.7 Å². The standard InChI is InChI=1S/C28H26ClNO5/c1-28(2,3)19-14-17(11-13-22(19)35-4)25(32)23-24(16-10-12-21(31)20(29)15-16)30(27(34)26(23)33)18-8-6-5-7-9-18/h5-15,24,31-32H,1-4H3/b25-23-. The van der Waals surface area contributed by atoms with E-state index in [2.05, 4.69) is 0 Å². The summed E-state index contributed by atoms with van der Waals surface area (Å²) in [4.78, 5) is 27.9. The second kappa shape index (κ2) is 9.12. The molecule has 0 spiro atoms. The van der Waals surface area contributed by atoms with Crippen molar-refractivity contribution in [1.82, 2.24) is 0 Å². The van der Waals surface area contributed by atoms with Crippen LogP contribution in [0.4, 0.5) is 5.69 Å². The molecule has 0 radical (unpaired) electrons. The molecule has 0 aromatic heterocycles. The van der Waals surface area contributed by atoms with Crippen molar-refractivity contribution in [2.45, 2.75) is 32.2 Å². The number of hydrogen-bond donors (Lipinski definition) is 2. The maximum absolute atomic E-state index is 13.3. The maximum atomic E-state index is 13.3. The van der Waals surface area contributed by atoms with E-state index < -0.39 is 17.7 Å². The molecule has 7 heteroatoms. The van der Waals surface area contributed by atoms with Crippen molar-refractivity contribution in [3.63, 3.8) is 0 Å². The van der Waals surface area contributed by atoms with Gasteiger partial charge < -0.3 is 14.9 Å². The van der Waals surface area contributed by atoms with Crippen LogP contribution in [0.15, 0.2) is 72.3 Å². The lowest BCUT2D eigenvalue weighted by Crippen LogP contribution is -2.29. The van der Waals surface area contributed by atoms with Gasteiger partial charge in [-0.1, -0.05) is 56.6 Å². The van der Waals surface area contributed by atoms with E-state index in [-0.39, 0.29) is 27.5 Å². The van der Waals surface area contributed by atoms with Crippen LogP contribution < -0.4 is 9.64 Å². The highest BCUT2D eigenvalue weighted by molar-refractivity contribution is 6.51. The SMILES string of the molecule is COc1ccc(/C(O)=C2/C(=O)C(=O)N(c3ccccc3)C2c2ccc(O)c(Cl)c2)cc1C(C)(C)C. The van der Waals surface area contributed by atoms with E-state index in [4.69, 9.17) is 16.3 Å². The van der Waals surface area contributed by atoms with E-state index in [1.165, 1.54) is 17.0 Å². The molecule has 1 amide bonds. The maximum Gasteiger partial charge on any atom is 0.300 e. The Morgan fingerprint density at radius 1 is 1.00 bits per heavy atom. The second-order valence-corrected chi connectivity index (χ2v) is 9.79. The number of aliphatic hydroxyl groups excluding tert-OH is 1. The van der Waals surface area contributed by atoms with Crippen LogP contribution in [0.3, 0.4) is 0 Å². The van der Waals surface area contributed by atoms with Gasteiger partial charge in [-0.3, -0.25) is 14.5 Å². The molecule has 180 valence electrons. The van der Waals surface area contributed by atoms with Crippen molar-refractivity contribution in [3.8, 4) is 11.5 Å². The Labute approximate surface area is 209 Å². The Balaban J connectivity index is 1.97. The highest BCUT2D eigenvalue weighted by Gasteiger charge is 2.47. The van der Waals surface area contributed by atoms with Crippen LogP contribution >= 0.6 is 11.6 Å². The normalized spacial score (nSPS) is 17.6. The molecule has 1 unspecified atom stereocenters. The fourth-order valence-electron chi connectivity index (χ4n) is 4.29. The van der Waals surface area contributed by atoms with E-state index in [0.717, 1.165) is 5.56 Å². The molecule has 0 bridgehead atoms. The molecule has 3 aromatic rings. The van der Waals surface area contributed by atoms with E-state index in [9.17, 15) is 19.8 Å². The minimum absolute atomic E-state index is 0.0642. The minimum Gasteiger partial charge on any atom is -0.507 e. The average Bonchev–Trinajstić information content (AvgIpc) is 3.10. The summed E-state index contributed by atoms with van der Waals surface area (Å²) in [6.07, 6.45) is 0. The minimum atomic E-state index is -0.948. The highest BCUT2D eigenvalue weighted by Crippen LogP contribution is 2.44. The van der Waals surface area contributed by atoms with Gasteiger partial charge in [-0.05, 0) is 53.4 Å². The number of methoxy groups -OCH3 is 1. The molecule has 1 atom stereocenters. The predicted molar refractivity (Wildman–Crippen MR) is 136 cm³/mol. The first-order chi connectivity index (χ1) is 16.5. The Bertz CT molecular complexity index is 1340. The van der Waals surface area contributed by atoms with Crippen molar-refractivity contribution in [3.05, 3.63) is 94.0 Å². The van der Waals surface area contributed by atoms with E-state index in [1.807, 2.05) is 20.8 Å². The number of hydrogen-bond acceptors (Lipinski definition) is 5. The number of ketones is 1. The van der Waals surface area contributed by atoms with Crippen LogP contribution in [0.2, 0.25) is 5.02 Å². The molecule has 1 aliphatic rings. The molecule has 2 N–H and O–H groups in total. The number of ether oxygens (including phenoxy) is 1. The summed E-state index contributed by atoms with van der Waals surface area (Å²) < 4.78 is 5.49. The van der Waals surface area contributed by atoms with Crippen molar-refractivity contribution in [2.75, 3.05) is 12.0 Å². The number of amides is 1. The number of anilines is 1. The van der Waals surface area contributed by atoms with Gasteiger partial charge in [0.15, 0.2) is 0 Å². The lowest BCUT2D eigenvalue weighted by atomic mass is 9.84. The van der Waals surface area contributed by atoms with Crippen molar-refractivity contribution in [2.24, 2.45) is 0 Å². The van der Waals surface area contributed by atoms with E-state index in [0.29, 0.717) is 22.6 Å². The van der Waals surface area contributed by atoms with Gasteiger partial charge in [0.25, 0.3) is 11.7 Å². The quantitative estimate of drug-likeness (QED) is 0.266. The van der Waals surface area contributed by atoms with Gasteiger partial charge in [-0.25, -0.2) is 0 Å². The van der Waals surface area contributed by atoms with Gasteiger partial charge in [0.05, 0.1) is 23.7 Å². The lowest BCUT2D eigenvalue weighted by Gasteiger charge is -2.26. The summed E-state index contributed by atoms with van der Waals surface area (Å²) in [5, 5.41) is 21.4. The Morgan fingerprint density at radius 2 is 1.69 bits per heavy atom. The third kappa shape index (κ3) is 4.37. The van der Waals surface area contributed by atoms with Gasteiger partial charge in [0, 0.05) is 16.8 Å². The zero-order chi connectivity index (χ0) is 25.5. The fourth-order valence-corrected chi connectivity index (χ4v) is 4.48. The third-order valence-corrected chi connectivity index (χ3v) is 6.35. The van der Waals surface area contributed by atoms with Crippen LogP contribution in [0.1, 0.15) is 43.5 Å². The Morgan fingerprint density at radius 3 is 2.29 bits per heavy atom. The largest absolute Gasteiger partial charge is 0.507 e. The number of phenolic OH excluding ortho intramolecular Hbond substituents is 1. The van der Waals surface area contributed by atoms with Gasteiger partial charge in [-0.2, -0.15) is 0 Å². The molecule has 1 saturated heterocycles. The summed E-state index contributed by atoms with van der Waals surface area (Å²) >= 11 is 6.18. The van der Waals surface area contributed by atoms with E-state index in [1.54, 1.807) is 61.7 Å². The van der Waals surface area contributed by atoms with Gasteiger partial charge >= 0.3 is 0 Å². The van der Waals surface area contributed by atoms with Crippen LogP contribution in [0.5, 0.6) is 11.5 Å². The summed E-state index contributed by atoms with van der Waals surface area (Å²) in [5.41, 5.74) is 1.82. The summed E-state index contributed by atoms with van der Waals surface area (Å²) in [6, 6.07) is 17.4. The monoisotopic (exact) mass is 491 g/mol. The fraction of sp³-hybridized carbons (Fsp3) is 0.214. The molecule has 1 fully saturated rings. The number of aliphatic hydroxyl groups is 1. The van der Waals surface area contributed by atoms with E-state index >= 15 is 0 Å². The van der Waals surface area contributed by atoms with Crippen molar-refractivity contribution in [1.29, 1.82) is 0 Å².